The van der Waals surface area contributed by atoms with Crippen molar-refractivity contribution in [3.63, 3.8) is 0 Å². The molecule has 0 spiro atoms. The van der Waals surface area contributed by atoms with Gasteiger partial charge in [-0.25, -0.2) is 0 Å². The fourth-order valence-electron chi connectivity index (χ4n) is 1.44. The maximum Gasteiger partial charge on any atom is 0.418 e. The minimum atomic E-state index is -4.33. The monoisotopic (exact) mass is 281 g/mol. The van der Waals surface area contributed by atoms with E-state index in [2.05, 4.69) is 5.32 Å². The number of para-hydroxylation sites is 1. The first-order chi connectivity index (χ1) is 8.55. The second kappa shape index (κ2) is 7.48. The van der Waals surface area contributed by atoms with Gasteiger partial charge in [-0.3, -0.25) is 0 Å². The van der Waals surface area contributed by atoms with Crippen molar-refractivity contribution in [2.45, 2.75) is 12.6 Å². The van der Waals surface area contributed by atoms with E-state index in [9.17, 15) is 13.2 Å². The van der Waals surface area contributed by atoms with E-state index in [0.717, 1.165) is 6.07 Å². The van der Waals surface area contributed by atoms with Crippen LogP contribution in [0.2, 0.25) is 0 Å². The summed E-state index contributed by atoms with van der Waals surface area (Å²) in [6.45, 7) is 1.37. The molecule has 0 amide bonds. The smallest absolute Gasteiger partial charge is 0.384 e. The SMILES string of the molecule is FC(F)(F)c1ccccc1NCCCOCCCl. The highest BCUT2D eigenvalue weighted by atomic mass is 35.5. The van der Waals surface area contributed by atoms with Crippen LogP contribution in [0.15, 0.2) is 24.3 Å². The van der Waals surface area contributed by atoms with Gasteiger partial charge in [0.25, 0.3) is 0 Å². The number of hydrogen-bond acceptors (Lipinski definition) is 2. The summed E-state index contributed by atoms with van der Waals surface area (Å²) in [7, 11) is 0. The zero-order chi connectivity index (χ0) is 13.4. The average Bonchev–Trinajstić information content (AvgIpc) is 2.33. The number of nitrogens with one attached hydrogen (secondary N) is 1. The molecular weight excluding hydrogens is 267 g/mol. The second-order valence-corrected chi connectivity index (χ2v) is 4.00. The molecule has 0 atom stereocenters. The van der Waals surface area contributed by atoms with E-state index in [4.69, 9.17) is 16.3 Å². The maximum absolute atomic E-state index is 12.6. The standard InChI is InChI=1S/C12H15ClF3NO/c13-6-9-18-8-3-7-17-11-5-2-1-4-10(11)12(14,15)16/h1-2,4-5,17H,3,6-9H2. The molecule has 0 aliphatic carbocycles. The predicted molar refractivity (Wildman–Crippen MR) is 66.1 cm³/mol. The molecule has 1 rings (SSSR count). The number of ether oxygens (including phenoxy) is 1. The van der Waals surface area contributed by atoms with Crippen LogP contribution in [0.4, 0.5) is 18.9 Å². The molecule has 0 saturated heterocycles. The Hall–Kier alpha value is -0.940. The van der Waals surface area contributed by atoms with E-state index >= 15 is 0 Å². The van der Waals surface area contributed by atoms with E-state index < -0.39 is 11.7 Å². The van der Waals surface area contributed by atoms with Crippen LogP contribution in [-0.4, -0.2) is 25.6 Å². The molecule has 1 aromatic rings. The quantitative estimate of drug-likeness (QED) is 0.607. The van der Waals surface area contributed by atoms with Gasteiger partial charge in [-0.1, -0.05) is 12.1 Å². The molecule has 0 fully saturated rings. The Kier molecular flexibility index (Phi) is 6.29. The third-order valence-electron chi connectivity index (χ3n) is 2.23. The summed E-state index contributed by atoms with van der Waals surface area (Å²) < 4.78 is 43.1. The van der Waals surface area contributed by atoms with Crippen LogP contribution >= 0.6 is 11.6 Å². The summed E-state index contributed by atoms with van der Waals surface area (Å²) in [4.78, 5) is 0. The lowest BCUT2D eigenvalue weighted by Crippen LogP contribution is -2.12. The Morgan fingerprint density at radius 1 is 1.17 bits per heavy atom. The molecule has 0 aromatic heterocycles. The molecule has 0 radical (unpaired) electrons. The van der Waals surface area contributed by atoms with E-state index in [0.29, 0.717) is 32.1 Å². The molecule has 0 bridgehead atoms. The van der Waals surface area contributed by atoms with Gasteiger partial charge in [-0.05, 0) is 18.6 Å². The Balaban J connectivity index is 2.43. The Morgan fingerprint density at radius 2 is 1.89 bits per heavy atom. The van der Waals surface area contributed by atoms with Gasteiger partial charge >= 0.3 is 6.18 Å². The van der Waals surface area contributed by atoms with Crippen molar-refractivity contribution in [1.82, 2.24) is 0 Å². The first-order valence-corrected chi connectivity index (χ1v) is 6.13. The summed E-state index contributed by atoms with van der Waals surface area (Å²) >= 11 is 5.42. The Morgan fingerprint density at radius 3 is 2.56 bits per heavy atom. The van der Waals surface area contributed by atoms with Crippen LogP contribution in [0.1, 0.15) is 12.0 Å². The molecule has 1 N–H and O–H groups in total. The van der Waals surface area contributed by atoms with Crippen LogP contribution in [0.5, 0.6) is 0 Å². The lowest BCUT2D eigenvalue weighted by Gasteiger charge is -2.14. The summed E-state index contributed by atoms with van der Waals surface area (Å²) in [5, 5.41) is 2.76. The zero-order valence-electron chi connectivity index (χ0n) is 9.77. The van der Waals surface area contributed by atoms with Crippen LogP contribution in [0, 0.1) is 0 Å². The van der Waals surface area contributed by atoms with Crippen molar-refractivity contribution in [3.8, 4) is 0 Å². The van der Waals surface area contributed by atoms with Crippen LogP contribution < -0.4 is 5.32 Å². The van der Waals surface area contributed by atoms with Crippen molar-refractivity contribution in [2.75, 3.05) is 31.0 Å². The van der Waals surface area contributed by atoms with Gasteiger partial charge in [0.1, 0.15) is 0 Å². The van der Waals surface area contributed by atoms with Crippen molar-refractivity contribution in [3.05, 3.63) is 29.8 Å². The average molecular weight is 282 g/mol. The molecule has 1 aromatic carbocycles. The molecule has 0 aliphatic rings. The first-order valence-electron chi connectivity index (χ1n) is 5.59. The minimum absolute atomic E-state index is 0.0994. The fourth-order valence-corrected chi connectivity index (χ4v) is 1.55. The number of rotatable bonds is 7. The van der Waals surface area contributed by atoms with Crippen molar-refractivity contribution < 1.29 is 17.9 Å². The highest BCUT2D eigenvalue weighted by molar-refractivity contribution is 6.17. The largest absolute Gasteiger partial charge is 0.418 e. The third-order valence-corrected chi connectivity index (χ3v) is 2.39. The molecule has 2 nitrogen and oxygen atoms in total. The number of alkyl halides is 4. The van der Waals surface area contributed by atoms with Gasteiger partial charge in [0.15, 0.2) is 0 Å². The number of halogens is 4. The normalized spacial score (nSPS) is 11.6. The number of anilines is 1. The molecule has 0 heterocycles. The topological polar surface area (TPSA) is 21.3 Å². The Bertz CT molecular complexity index is 357. The zero-order valence-corrected chi connectivity index (χ0v) is 10.5. The van der Waals surface area contributed by atoms with Gasteiger partial charge in [0, 0.05) is 24.7 Å². The molecule has 0 unspecified atom stereocenters. The van der Waals surface area contributed by atoms with Crippen LogP contribution in [-0.2, 0) is 10.9 Å². The molecular formula is C12H15ClF3NO. The van der Waals surface area contributed by atoms with Gasteiger partial charge in [-0.2, -0.15) is 13.2 Å². The maximum atomic E-state index is 12.6. The number of hydrogen-bond donors (Lipinski definition) is 1. The molecule has 0 aliphatic heterocycles. The molecule has 0 saturated carbocycles. The Labute approximate surface area is 109 Å². The van der Waals surface area contributed by atoms with E-state index in [1.807, 2.05) is 0 Å². The summed E-state index contributed by atoms with van der Waals surface area (Å²) in [5.41, 5.74) is -0.547. The molecule has 102 valence electrons. The van der Waals surface area contributed by atoms with Crippen molar-refractivity contribution in [2.24, 2.45) is 0 Å². The summed E-state index contributed by atoms with van der Waals surface area (Å²) in [6, 6.07) is 5.42. The van der Waals surface area contributed by atoms with Gasteiger partial charge in [0.2, 0.25) is 0 Å². The van der Waals surface area contributed by atoms with Crippen LogP contribution in [0.3, 0.4) is 0 Å². The highest BCUT2D eigenvalue weighted by Crippen LogP contribution is 2.34. The molecule has 18 heavy (non-hydrogen) atoms. The van der Waals surface area contributed by atoms with E-state index in [1.54, 1.807) is 6.07 Å². The lowest BCUT2D eigenvalue weighted by molar-refractivity contribution is -0.136. The van der Waals surface area contributed by atoms with E-state index in [-0.39, 0.29) is 5.69 Å². The summed E-state index contributed by atoms with van der Waals surface area (Å²) in [6.07, 6.45) is -3.71. The second-order valence-electron chi connectivity index (χ2n) is 3.63. The minimum Gasteiger partial charge on any atom is -0.384 e. The first kappa shape index (κ1) is 15.1. The van der Waals surface area contributed by atoms with Crippen LogP contribution in [0.25, 0.3) is 0 Å². The summed E-state index contributed by atoms with van der Waals surface area (Å²) in [5.74, 6) is 0.421. The van der Waals surface area contributed by atoms with E-state index in [1.165, 1.54) is 12.1 Å². The van der Waals surface area contributed by atoms with Crippen molar-refractivity contribution in [1.29, 1.82) is 0 Å². The molecule has 6 heteroatoms. The number of benzene rings is 1. The van der Waals surface area contributed by atoms with Gasteiger partial charge in [-0.15, -0.1) is 11.6 Å². The fraction of sp³-hybridized carbons (Fsp3) is 0.500. The lowest BCUT2D eigenvalue weighted by atomic mass is 10.1. The van der Waals surface area contributed by atoms with Gasteiger partial charge < -0.3 is 10.1 Å². The highest BCUT2D eigenvalue weighted by Gasteiger charge is 2.32. The predicted octanol–water partition coefficient (Wildman–Crippen LogP) is 3.76. The third kappa shape index (κ3) is 5.14. The van der Waals surface area contributed by atoms with Gasteiger partial charge in [0.05, 0.1) is 12.2 Å². The van der Waals surface area contributed by atoms with Crippen molar-refractivity contribution >= 4 is 17.3 Å².